The summed E-state index contributed by atoms with van der Waals surface area (Å²) in [5, 5.41) is 3.33. The third-order valence-corrected chi connectivity index (χ3v) is 3.23. The number of ether oxygens (including phenoxy) is 1. The Morgan fingerprint density at radius 3 is 2.39 bits per heavy atom. The maximum atomic E-state index is 5.90. The Morgan fingerprint density at radius 2 is 1.94 bits per heavy atom. The fourth-order valence-corrected chi connectivity index (χ4v) is 2.21. The molecule has 18 heavy (non-hydrogen) atoms. The van der Waals surface area contributed by atoms with Crippen LogP contribution in [0.5, 0.6) is 5.75 Å². The van der Waals surface area contributed by atoms with Gasteiger partial charge in [0.25, 0.3) is 0 Å². The molecule has 0 aromatic heterocycles. The van der Waals surface area contributed by atoms with Crippen LogP contribution in [0.25, 0.3) is 0 Å². The lowest BCUT2D eigenvalue weighted by atomic mass is 9.94. The molecule has 1 aromatic rings. The topological polar surface area (TPSA) is 47.3 Å². The maximum Gasteiger partial charge on any atom is 0.122 e. The van der Waals surface area contributed by atoms with Gasteiger partial charge in [0.15, 0.2) is 0 Å². The Morgan fingerprint density at radius 1 is 1.28 bits per heavy atom. The molecule has 3 heteroatoms. The summed E-state index contributed by atoms with van der Waals surface area (Å²) in [6, 6.07) is 6.89. The van der Waals surface area contributed by atoms with Crippen molar-refractivity contribution in [1.82, 2.24) is 5.32 Å². The summed E-state index contributed by atoms with van der Waals surface area (Å²) in [7, 11) is 3.70. The first kappa shape index (κ1) is 15.0. The molecule has 0 saturated heterocycles. The number of nitrogens with two attached hydrogens (primary N) is 1. The van der Waals surface area contributed by atoms with Crippen molar-refractivity contribution in [3.63, 3.8) is 0 Å². The second kappa shape index (κ2) is 6.76. The van der Waals surface area contributed by atoms with Gasteiger partial charge in [-0.25, -0.2) is 0 Å². The first-order valence-electron chi connectivity index (χ1n) is 6.60. The van der Waals surface area contributed by atoms with Crippen molar-refractivity contribution in [3.8, 4) is 5.75 Å². The lowest BCUT2D eigenvalue weighted by Gasteiger charge is -2.21. The van der Waals surface area contributed by atoms with Crippen LogP contribution in [0, 0.1) is 0 Å². The summed E-state index contributed by atoms with van der Waals surface area (Å²) < 4.78 is 5.41. The minimum Gasteiger partial charge on any atom is -0.496 e. The van der Waals surface area contributed by atoms with Crippen LogP contribution in [-0.4, -0.2) is 20.2 Å². The normalized spacial score (nSPS) is 14.6. The summed E-state index contributed by atoms with van der Waals surface area (Å²) in [6.07, 6.45) is 0.931. The zero-order valence-electron chi connectivity index (χ0n) is 12.2. The molecule has 2 atom stereocenters. The Kier molecular flexibility index (Phi) is 5.63. The second-order valence-corrected chi connectivity index (χ2v) is 5.21. The van der Waals surface area contributed by atoms with Crippen LogP contribution in [0.2, 0.25) is 0 Å². The van der Waals surface area contributed by atoms with Crippen LogP contribution in [0.15, 0.2) is 18.2 Å². The van der Waals surface area contributed by atoms with Crippen LogP contribution in [0.3, 0.4) is 0 Å². The van der Waals surface area contributed by atoms with E-state index in [9.17, 15) is 0 Å². The molecule has 3 nitrogen and oxygen atoms in total. The molecule has 1 aromatic carbocycles. The molecule has 0 spiro atoms. The van der Waals surface area contributed by atoms with Crippen molar-refractivity contribution in [2.75, 3.05) is 14.2 Å². The van der Waals surface area contributed by atoms with Gasteiger partial charge < -0.3 is 15.8 Å². The van der Waals surface area contributed by atoms with Gasteiger partial charge in [-0.15, -0.1) is 0 Å². The molecule has 3 N–H and O–H groups in total. The first-order valence-corrected chi connectivity index (χ1v) is 6.60. The SMILES string of the molecule is CNC(CC(C)N)c1ccc(OC)c(C(C)C)c1. The molecule has 0 heterocycles. The van der Waals surface area contributed by atoms with Gasteiger partial charge in [-0.2, -0.15) is 0 Å². The number of nitrogens with one attached hydrogen (secondary N) is 1. The molecule has 2 unspecified atom stereocenters. The van der Waals surface area contributed by atoms with Crippen LogP contribution < -0.4 is 15.8 Å². The lowest BCUT2D eigenvalue weighted by Crippen LogP contribution is -2.25. The number of hydrogen-bond acceptors (Lipinski definition) is 3. The number of benzene rings is 1. The van der Waals surface area contributed by atoms with Crippen molar-refractivity contribution in [2.24, 2.45) is 5.73 Å². The first-order chi connectivity index (χ1) is 8.49. The summed E-state index contributed by atoms with van der Waals surface area (Å²) in [5.74, 6) is 1.41. The van der Waals surface area contributed by atoms with E-state index in [2.05, 4.69) is 37.4 Å². The van der Waals surface area contributed by atoms with Gasteiger partial charge >= 0.3 is 0 Å². The summed E-state index contributed by atoms with van der Waals surface area (Å²) in [4.78, 5) is 0. The van der Waals surface area contributed by atoms with E-state index in [0.717, 1.165) is 12.2 Å². The van der Waals surface area contributed by atoms with E-state index < -0.39 is 0 Å². The van der Waals surface area contributed by atoms with E-state index in [4.69, 9.17) is 10.5 Å². The van der Waals surface area contributed by atoms with Crippen molar-refractivity contribution in [1.29, 1.82) is 0 Å². The van der Waals surface area contributed by atoms with Crippen LogP contribution in [0.4, 0.5) is 0 Å². The molecule has 1 rings (SSSR count). The van der Waals surface area contributed by atoms with Crippen molar-refractivity contribution in [2.45, 2.75) is 45.2 Å². The van der Waals surface area contributed by atoms with Gasteiger partial charge in [-0.05, 0) is 43.5 Å². The second-order valence-electron chi connectivity index (χ2n) is 5.21. The standard InChI is InChI=1S/C15H26N2O/c1-10(2)13-9-12(6-7-15(13)18-5)14(17-4)8-11(3)16/h6-7,9-11,14,17H,8,16H2,1-5H3. The fraction of sp³-hybridized carbons (Fsp3) is 0.600. The predicted molar refractivity (Wildman–Crippen MR) is 77.2 cm³/mol. The highest BCUT2D eigenvalue weighted by atomic mass is 16.5. The van der Waals surface area contributed by atoms with Crippen molar-refractivity contribution < 1.29 is 4.74 Å². The van der Waals surface area contributed by atoms with Gasteiger partial charge in [0.2, 0.25) is 0 Å². The van der Waals surface area contributed by atoms with Gasteiger partial charge in [-0.3, -0.25) is 0 Å². The molecule has 0 saturated carbocycles. The average Bonchev–Trinajstić information content (AvgIpc) is 2.34. The van der Waals surface area contributed by atoms with Gasteiger partial charge in [0, 0.05) is 12.1 Å². The van der Waals surface area contributed by atoms with E-state index in [0.29, 0.717) is 12.0 Å². The van der Waals surface area contributed by atoms with Crippen molar-refractivity contribution in [3.05, 3.63) is 29.3 Å². The number of rotatable bonds is 6. The maximum absolute atomic E-state index is 5.90. The molecule has 0 fully saturated rings. The number of hydrogen-bond donors (Lipinski definition) is 2. The lowest BCUT2D eigenvalue weighted by molar-refractivity contribution is 0.406. The third-order valence-electron chi connectivity index (χ3n) is 3.23. The molecule has 0 amide bonds. The largest absolute Gasteiger partial charge is 0.496 e. The van der Waals surface area contributed by atoms with E-state index in [1.807, 2.05) is 14.0 Å². The summed E-state index contributed by atoms with van der Waals surface area (Å²) in [5.41, 5.74) is 8.42. The fourth-order valence-electron chi connectivity index (χ4n) is 2.21. The molecule has 0 aliphatic carbocycles. The zero-order valence-corrected chi connectivity index (χ0v) is 12.2. The quantitative estimate of drug-likeness (QED) is 0.816. The molecular weight excluding hydrogens is 224 g/mol. The Balaban J connectivity index is 3.05. The minimum atomic E-state index is 0.187. The van der Waals surface area contributed by atoms with Gasteiger partial charge in [0.05, 0.1) is 7.11 Å². The van der Waals surface area contributed by atoms with Gasteiger partial charge in [0.1, 0.15) is 5.75 Å². The zero-order chi connectivity index (χ0) is 13.7. The molecule has 102 valence electrons. The molecule has 0 bridgehead atoms. The monoisotopic (exact) mass is 250 g/mol. The molecule has 0 aliphatic rings. The van der Waals surface area contributed by atoms with Crippen molar-refractivity contribution >= 4 is 0 Å². The average molecular weight is 250 g/mol. The molecular formula is C15H26N2O. The van der Waals surface area contributed by atoms with Gasteiger partial charge in [-0.1, -0.05) is 26.0 Å². The van der Waals surface area contributed by atoms with E-state index in [-0.39, 0.29) is 6.04 Å². The third kappa shape index (κ3) is 3.72. The summed E-state index contributed by atoms with van der Waals surface area (Å²) >= 11 is 0. The predicted octanol–water partition coefficient (Wildman–Crippen LogP) is 2.82. The minimum absolute atomic E-state index is 0.187. The number of methoxy groups -OCH3 is 1. The Bertz CT molecular complexity index is 375. The van der Waals surface area contributed by atoms with E-state index in [1.54, 1.807) is 7.11 Å². The molecule has 0 radical (unpaired) electrons. The van der Waals surface area contributed by atoms with Crippen LogP contribution >= 0.6 is 0 Å². The highest BCUT2D eigenvalue weighted by Gasteiger charge is 2.15. The smallest absolute Gasteiger partial charge is 0.122 e. The summed E-state index contributed by atoms with van der Waals surface area (Å²) in [6.45, 7) is 6.40. The molecule has 0 aliphatic heterocycles. The Labute approximate surface area is 111 Å². The van der Waals surface area contributed by atoms with Crippen LogP contribution in [-0.2, 0) is 0 Å². The highest BCUT2D eigenvalue weighted by molar-refractivity contribution is 5.40. The highest BCUT2D eigenvalue weighted by Crippen LogP contribution is 2.30. The Hall–Kier alpha value is -1.06. The van der Waals surface area contributed by atoms with Crippen LogP contribution in [0.1, 0.15) is 50.3 Å². The van der Waals surface area contributed by atoms with E-state index >= 15 is 0 Å². The van der Waals surface area contributed by atoms with E-state index in [1.165, 1.54) is 11.1 Å².